The standard InChI is InChI=1S/C23H19FN2O4/c24-21-10-17-7-14(13-29-20-4-2-1-3-16(20)11-22(27)28)8-19(23(17)30-21)15-5-6-26-18(9-15)12-25/h1-10H,11-13,25H2,(H,27,28). The lowest BCUT2D eigenvalue weighted by atomic mass is 10.0. The van der Waals surface area contributed by atoms with Crippen LogP contribution in [0, 0.1) is 6.01 Å². The summed E-state index contributed by atoms with van der Waals surface area (Å²) in [5.74, 6) is -0.439. The van der Waals surface area contributed by atoms with Crippen LogP contribution in [0.5, 0.6) is 5.75 Å². The van der Waals surface area contributed by atoms with E-state index in [4.69, 9.17) is 20.0 Å². The second-order valence-corrected chi connectivity index (χ2v) is 6.82. The van der Waals surface area contributed by atoms with Crippen LogP contribution in [0.3, 0.4) is 0 Å². The Morgan fingerprint density at radius 2 is 2.00 bits per heavy atom. The second kappa shape index (κ2) is 8.34. The van der Waals surface area contributed by atoms with Crippen LogP contribution in [0.2, 0.25) is 0 Å². The Balaban J connectivity index is 1.70. The summed E-state index contributed by atoms with van der Waals surface area (Å²) in [5, 5.41) is 9.69. The summed E-state index contributed by atoms with van der Waals surface area (Å²) in [5.41, 5.74) is 9.71. The number of pyridine rings is 1. The van der Waals surface area contributed by atoms with Crippen molar-refractivity contribution < 1.29 is 23.4 Å². The molecular weight excluding hydrogens is 387 g/mol. The molecule has 2 aromatic carbocycles. The van der Waals surface area contributed by atoms with Crippen molar-refractivity contribution in [3.8, 4) is 16.9 Å². The molecule has 4 aromatic rings. The molecule has 6 nitrogen and oxygen atoms in total. The van der Waals surface area contributed by atoms with Gasteiger partial charge in [-0.2, -0.15) is 4.39 Å². The van der Waals surface area contributed by atoms with E-state index in [0.29, 0.717) is 33.5 Å². The fourth-order valence-electron chi connectivity index (χ4n) is 3.35. The van der Waals surface area contributed by atoms with Crippen LogP contribution in [0.25, 0.3) is 22.1 Å². The molecule has 0 bridgehead atoms. The van der Waals surface area contributed by atoms with Crippen LogP contribution < -0.4 is 10.5 Å². The molecule has 0 fully saturated rings. The lowest BCUT2D eigenvalue weighted by Crippen LogP contribution is -2.04. The topological polar surface area (TPSA) is 98.6 Å². The summed E-state index contributed by atoms with van der Waals surface area (Å²) in [4.78, 5) is 15.3. The molecule has 4 rings (SSSR count). The predicted octanol–water partition coefficient (Wildman–Crippen LogP) is 4.30. The lowest BCUT2D eigenvalue weighted by Gasteiger charge is -2.12. The molecule has 30 heavy (non-hydrogen) atoms. The van der Waals surface area contributed by atoms with Crippen molar-refractivity contribution in [2.24, 2.45) is 5.73 Å². The summed E-state index contributed by atoms with van der Waals surface area (Å²) in [6.45, 7) is 0.466. The minimum atomic E-state index is -0.933. The van der Waals surface area contributed by atoms with E-state index in [9.17, 15) is 9.18 Å². The minimum Gasteiger partial charge on any atom is -0.489 e. The number of carboxylic acid groups (broad SMARTS) is 1. The summed E-state index contributed by atoms with van der Waals surface area (Å²) < 4.78 is 25.0. The first-order valence-electron chi connectivity index (χ1n) is 9.33. The molecule has 0 unspecified atom stereocenters. The Morgan fingerprint density at radius 1 is 1.17 bits per heavy atom. The zero-order valence-corrected chi connectivity index (χ0v) is 16.0. The zero-order chi connectivity index (χ0) is 21.1. The zero-order valence-electron chi connectivity index (χ0n) is 16.0. The van der Waals surface area contributed by atoms with Crippen molar-refractivity contribution in [3.63, 3.8) is 0 Å². The molecule has 0 saturated carbocycles. The van der Waals surface area contributed by atoms with Crippen LogP contribution in [0.4, 0.5) is 4.39 Å². The van der Waals surface area contributed by atoms with Crippen LogP contribution in [0.15, 0.2) is 65.2 Å². The van der Waals surface area contributed by atoms with Gasteiger partial charge in [0.25, 0.3) is 6.01 Å². The molecule has 0 amide bonds. The van der Waals surface area contributed by atoms with Gasteiger partial charge < -0.3 is 20.0 Å². The number of ether oxygens (including phenoxy) is 1. The number of hydrogen-bond donors (Lipinski definition) is 2. The number of fused-ring (bicyclic) bond motifs is 1. The van der Waals surface area contributed by atoms with Gasteiger partial charge in [0.15, 0.2) is 0 Å². The Morgan fingerprint density at radius 3 is 2.80 bits per heavy atom. The van der Waals surface area contributed by atoms with Gasteiger partial charge in [0, 0.05) is 35.3 Å². The van der Waals surface area contributed by atoms with Crippen LogP contribution in [-0.4, -0.2) is 16.1 Å². The molecule has 3 N–H and O–H groups in total. The van der Waals surface area contributed by atoms with E-state index >= 15 is 0 Å². The van der Waals surface area contributed by atoms with Crippen molar-refractivity contribution in [1.82, 2.24) is 4.98 Å². The SMILES string of the molecule is NCc1cc(-c2cc(COc3ccccc3CC(=O)O)cc3cc(F)oc23)ccn1. The Kier molecular flexibility index (Phi) is 5.45. The summed E-state index contributed by atoms with van der Waals surface area (Å²) >= 11 is 0. The van der Waals surface area contributed by atoms with E-state index in [0.717, 1.165) is 11.1 Å². The van der Waals surface area contributed by atoms with Gasteiger partial charge >= 0.3 is 5.97 Å². The third-order valence-electron chi connectivity index (χ3n) is 4.69. The third kappa shape index (κ3) is 4.16. The normalized spacial score (nSPS) is 11.0. The van der Waals surface area contributed by atoms with Crippen LogP contribution in [0.1, 0.15) is 16.8 Å². The minimum absolute atomic E-state index is 0.133. The maximum Gasteiger partial charge on any atom is 0.307 e. The van der Waals surface area contributed by atoms with Crippen molar-refractivity contribution in [2.75, 3.05) is 0 Å². The number of furan rings is 1. The molecule has 0 spiro atoms. The average Bonchev–Trinajstić information content (AvgIpc) is 3.12. The first kappa shape index (κ1) is 19.6. The molecule has 2 heterocycles. The van der Waals surface area contributed by atoms with Crippen molar-refractivity contribution in [3.05, 3.63) is 83.6 Å². The number of benzene rings is 2. The number of carboxylic acids is 1. The van der Waals surface area contributed by atoms with Gasteiger partial charge in [-0.1, -0.05) is 18.2 Å². The first-order chi connectivity index (χ1) is 14.5. The van der Waals surface area contributed by atoms with Crippen molar-refractivity contribution in [1.29, 1.82) is 0 Å². The fourth-order valence-corrected chi connectivity index (χ4v) is 3.35. The Hall–Kier alpha value is -3.71. The maximum absolute atomic E-state index is 13.8. The highest BCUT2D eigenvalue weighted by molar-refractivity contribution is 5.93. The van der Waals surface area contributed by atoms with Gasteiger partial charge in [0.2, 0.25) is 0 Å². The molecule has 0 saturated heterocycles. The summed E-state index contributed by atoms with van der Waals surface area (Å²) in [6.07, 6.45) is 1.51. The highest BCUT2D eigenvalue weighted by atomic mass is 19.1. The van der Waals surface area contributed by atoms with Crippen LogP contribution in [-0.2, 0) is 24.4 Å². The second-order valence-electron chi connectivity index (χ2n) is 6.82. The smallest absolute Gasteiger partial charge is 0.307 e. The number of aliphatic carboxylic acids is 1. The third-order valence-corrected chi connectivity index (χ3v) is 4.69. The van der Waals surface area contributed by atoms with Gasteiger partial charge in [-0.25, -0.2) is 0 Å². The van der Waals surface area contributed by atoms with Crippen LogP contribution >= 0.6 is 0 Å². The van der Waals surface area contributed by atoms with E-state index in [1.807, 2.05) is 12.1 Å². The first-order valence-corrected chi connectivity index (χ1v) is 9.33. The number of aromatic nitrogens is 1. The molecule has 0 radical (unpaired) electrons. The van der Waals surface area contributed by atoms with E-state index in [-0.39, 0.29) is 19.6 Å². The quantitative estimate of drug-likeness (QED) is 0.475. The fraction of sp³-hybridized carbons (Fsp3) is 0.130. The number of rotatable bonds is 7. The van der Waals surface area contributed by atoms with E-state index < -0.39 is 12.0 Å². The largest absolute Gasteiger partial charge is 0.489 e. The van der Waals surface area contributed by atoms with E-state index in [1.165, 1.54) is 6.07 Å². The molecule has 7 heteroatoms. The number of halogens is 1. The molecule has 2 aromatic heterocycles. The molecule has 0 aliphatic rings. The Labute approximate surface area is 171 Å². The monoisotopic (exact) mass is 406 g/mol. The number of nitrogens with zero attached hydrogens (tertiary/aromatic N) is 1. The lowest BCUT2D eigenvalue weighted by molar-refractivity contribution is -0.136. The number of carbonyl (C=O) groups is 1. The molecular formula is C23H19FN2O4. The molecule has 0 aliphatic carbocycles. The molecule has 0 atom stereocenters. The van der Waals surface area contributed by atoms with Crippen molar-refractivity contribution in [2.45, 2.75) is 19.6 Å². The van der Waals surface area contributed by atoms with Gasteiger partial charge in [-0.15, -0.1) is 0 Å². The van der Waals surface area contributed by atoms with E-state index in [2.05, 4.69) is 4.98 Å². The van der Waals surface area contributed by atoms with Gasteiger partial charge in [-0.3, -0.25) is 9.78 Å². The summed E-state index contributed by atoms with van der Waals surface area (Å²) in [7, 11) is 0. The number of para-hydroxylation sites is 1. The maximum atomic E-state index is 13.8. The summed E-state index contributed by atoms with van der Waals surface area (Å²) in [6, 6.07) is 14.9. The Bertz CT molecular complexity index is 1220. The molecule has 0 aliphatic heterocycles. The van der Waals surface area contributed by atoms with Gasteiger partial charge in [0.05, 0.1) is 12.1 Å². The number of nitrogens with two attached hydrogens (primary N) is 1. The van der Waals surface area contributed by atoms with E-state index in [1.54, 1.807) is 42.6 Å². The van der Waals surface area contributed by atoms with Gasteiger partial charge in [0.1, 0.15) is 17.9 Å². The van der Waals surface area contributed by atoms with Gasteiger partial charge in [-0.05, 0) is 41.5 Å². The number of hydrogen-bond acceptors (Lipinski definition) is 5. The highest BCUT2D eigenvalue weighted by Crippen LogP contribution is 2.33. The predicted molar refractivity (Wildman–Crippen MR) is 109 cm³/mol. The highest BCUT2D eigenvalue weighted by Gasteiger charge is 2.14. The average molecular weight is 406 g/mol. The van der Waals surface area contributed by atoms with Crippen molar-refractivity contribution >= 4 is 16.9 Å². The molecule has 152 valence electrons.